The molecule has 3 aromatic heterocycles. The van der Waals surface area contributed by atoms with Crippen LogP contribution in [0.25, 0.3) is 16.7 Å². The van der Waals surface area contributed by atoms with Crippen LogP contribution in [0.1, 0.15) is 30.7 Å². The maximum absolute atomic E-state index is 13.2. The fraction of sp³-hybridized carbons (Fsp3) is 0.269. The van der Waals surface area contributed by atoms with Gasteiger partial charge in [0.2, 0.25) is 0 Å². The molecular formula is C26H28N6O2. The Morgan fingerprint density at radius 3 is 2.88 bits per heavy atom. The third-order valence-electron chi connectivity index (χ3n) is 6.06. The summed E-state index contributed by atoms with van der Waals surface area (Å²) in [7, 11) is 0. The molecule has 3 N–H and O–H groups in total. The summed E-state index contributed by atoms with van der Waals surface area (Å²) in [5.74, 6) is 1.16. The van der Waals surface area contributed by atoms with Crippen LogP contribution in [0.3, 0.4) is 0 Å². The van der Waals surface area contributed by atoms with Gasteiger partial charge in [0.15, 0.2) is 5.82 Å². The van der Waals surface area contributed by atoms with Crippen LogP contribution in [0.2, 0.25) is 0 Å². The van der Waals surface area contributed by atoms with Crippen molar-refractivity contribution in [3.8, 4) is 5.82 Å². The van der Waals surface area contributed by atoms with Crippen LogP contribution in [-0.2, 0) is 25.1 Å². The largest absolute Gasteiger partial charge is 0.384 e. The van der Waals surface area contributed by atoms with Crippen LogP contribution in [-0.4, -0.2) is 31.0 Å². The SMILES string of the molecule is C=CCn1c(=O)c2cnc(Nc3ccc4c(c3)CCNC4)cc2n1-c1cccc(C(C)(C)O)n1. The number of pyridine rings is 2. The molecule has 0 unspecified atom stereocenters. The van der Waals surface area contributed by atoms with Crippen molar-refractivity contribution < 1.29 is 5.11 Å². The van der Waals surface area contributed by atoms with Crippen LogP contribution in [0, 0.1) is 0 Å². The number of hydrogen-bond donors (Lipinski definition) is 3. The Morgan fingerprint density at radius 2 is 2.09 bits per heavy atom. The summed E-state index contributed by atoms with van der Waals surface area (Å²) in [5.41, 5.74) is 3.49. The monoisotopic (exact) mass is 456 g/mol. The molecule has 0 spiro atoms. The van der Waals surface area contributed by atoms with Gasteiger partial charge >= 0.3 is 0 Å². The molecule has 0 saturated carbocycles. The van der Waals surface area contributed by atoms with Crippen molar-refractivity contribution in [2.24, 2.45) is 0 Å². The normalized spacial score (nSPS) is 13.6. The standard InChI is InChI=1S/C26H28N6O2/c1-4-12-31-25(33)20-16-28-23(29-19-9-8-18-15-27-11-10-17(18)13-19)14-21(20)32(31)24-7-5-6-22(30-24)26(2,3)34/h4-9,13-14,16,27,34H,1,10-12,15H2,2-3H3,(H,28,29). The Balaban J connectivity index is 1.62. The number of anilines is 2. The molecule has 0 atom stereocenters. The van der Waals surface area contributed by atoms with E-state index in [0.717, 1.165) is 25.2 Å². The molecule has 5 rings (SSSR count). The van der Waals surface area contributed by atoms with E-state index in [1.165, 1.54) is 11.1 Å². The molecule has 0 bridgehead atoms. The molecule has 0 aliphatic carbocycles. The van der Waals surface area contributed by atoms with E-state index in [1.807, 2.05) is 24.3 Å². The maximum atomic E-state index is 13.2. The minimum Gasteiger partial charge on any atom is -0.384 e. The maximum Gasteiger partial charge on any atom is 0.276 e. The lowest BCUT2D eigenvalue weighted by molar-refractivity contribution is 0.0738. The number of rotatable bonds is 6. The van der Waals surface area contributed by atoms with Gasteiger partial charge < -0.3 is 15.7 Å². The van der Waals surface area contributed by atoms with E-state index in [4.69, 9.17) is 0 Å². The highest BCUT2D eigenvalue weighted by molar-refractivity contribution is 5.82. The lowest BCUT2D eigenvalue weighted by Crippen LogP contribution is -2.23. The van der Waals surface area contributed by atoms with Gasteiger partial charge in [0.05, 0.1) is 23.1 Å². The summed E-state index contributed by atoms with van der Waals surface area (Å²) in [6.07, 6.45) is 4.26. The summed E-state index contributed by atoms with van der Waals surface area (Å²) in [6.45, 7) is 9.34. The van der Waals surface area contributed by atoms with Crippen molar-refractivity contribution in [3.63, 3.8) is 0 Å². The van der Waals surface area contributed by atoms with Crippen LogP contribution < -0.4 is 16.2 Å². The van der Waals surface area contributed by atoms with Crippen LogP contribution in [0.5, 0.6) is 0 Å². The molecule has 1 aliphatic heterocycles. The van der Waals surface area contributed by atoms with E-state index in [0.29, 0.717) is 34.8 Å². The Morgan fingerprint density at radius 1 is 1.24 bits per heavy atom. The Hall–Kier alpha value is -3.75. The van der Waals surface area contributed by atoms with Crippen LogP contribution >= 0.6 is 0 Å². The Bertz CT molecular complexity index is 1440. The van der Waals surface area contributed by atoms with Gasteiger partial charge in [-0.25, -0.2) is 19.3 Å². The molecule has 8 heteroatoms. The van der Waals surface area contributed by atoms with E-state index in [1.54, 1.807) is 41.6 Å². The third-order valence-corrected chi connectivity index (χ3v) is 6.06. The van der Waals surface area contributed by atoms with E-state index < -0.39 is 5.60 Å². The average molecular weight is 457 g/mol. The molecule has 4 heterocycles. The summed E-state index contributed by atoms with van der Waals surface area (Å²) >= 11 is 0. The van der Waals surface area contributed by atoms with E-state index in [2.05, 4.69) is 39.3 Å². The lowest BCUT2D eigenvalue weighted by Gasteiger charge is -2.19. The second-order valence-corrected chi connectivity index (χ2v) is 9.05. The molecule has 0 saturated heterocycles. The van der Waals surface area contributed by atoms with Gasteiger partial charge in [-0.15, -0.1) is 6.58 Å². The highest BCUT2D eigenvalue weighted by Gasteiger charge is 2.21. The molecule has 1 aliphatic rings. The minimum absolute atomic E-state index is 0.175. The molecule has 0 fully saturated rings. The summed E-state index contributed by atoms with van der Waals surface area (Å²) in [6, 6.07) is 13.6. The van der Waals surface area contributed by atoms with Crippen molar-refractivity contribution in [1.82, 2.24) is 24.6 Å². The van der Waals surface area contributed by atoms with E-state index in [-0.39, 0.29) is 5.56 Å². The number of hydrogen-bond acceptors (Lipinski definition) is 6. The summed E-state index contributed by atoms with van der Waals surface area (Å²) in [5, 5.41) is 17.7. The number of nitrogens with zero attached hydrogens (tertiary/aromatic N) is 4. The van der Waals surface area contributed by atoms with Crippen molar-refractivity contribution in [1.29, 1.82) is 0 Å². The third kappa shape index (κ3) is 4.02. The topological polar surface area (TPSA) is 97.0 Å². The van der Waals surface area contributed by atoms with Crippen LogP contribution in [0.15, 0.2) is 66.1 Å². The minimum atomic E-state index is -1.11. The molecule has 0 amide bonds. The average Bonchev–Trinajstić information content (AvgIpc) is 3.10. The van der Waals surface area contributed by atoms with Crippen molar-refractivity contribution in [3.05, 3.63) is 88.5 Å². The van der Waals surface area contributed by atoms with Gasteiger partial charge in [0, 0.05) is 24.5 Å². The van der Waals surface area contributed by atoms with Gasteiger partial charge in [-0.2, -0.15) is 0 Å². The van der Waals surface area contributed by atoms with Crippen LogP contribution in [0.4, 0.5) is 11.5 Å². The van der Waals surface area contributed by atoms with Gasteiger partial charge in [-0.05, 0) is 62.2 Å². The highest BCUT2D eigenvalue weighted by atomic mass is 16.3. The summed E-state index contributed by atoms with van der Waals surface area (Å²) in [4.78, 5) is 22.3. The number of allylic oxidation sites excluding steroid dienone is 1. The number of fused-ring (bicyclic) bond motifs is 2. The van der Waals surface area contributed by atoms with Gasteiger partial charge in [-0.3, -0.25) is 4.79 Å². The second-order valence-electron chi connectivity index (χ2n) is 9.05. The molecule has 0 radical (unpaired) electrons. The lowest BCUT2D eigenvalue weighted by atomic mass is 10.0. The molecule has 34 heavy (non-hydrogen) atoms. The summed E-state index contributed by atoms with van der Waals surface area (Å²) < 4.78 is 3.34. The smallest absolute Gasteiger partial charge is 0.276 e. The first-order valence-electron chi connectivity index (χ1n) is 11.4. The van der Waals surface area contributed by atoms with Gasteiger partial charge in [0.25, 0.3) is 5.56 Å². The number of nitrogens with one attached hydrogen (secondary N) is 2. The predicted octanol–water partition coefficient (Wildman–Crippen LogP) is 3.38. The number of aliphatic hydroxyl groups is 1. The molecular weight excluding hydrogens is 428 g/mol. The van der Waals surface area contributed by atoms with Crippen molar-refractivity contribution >= 4 is 22.4 Å². The van der Waals surface area contributed by atoms with E-state index >= 15 is 0 Å². The van der Waals surface area contributed by atoms with Crippen molar-refractivity contribution in [2.75, 3.05) is 11.9 Å². The molecule has 174 valence electrons. The quantitative estimate of drug-likeness (QED) is 0.385. The van der Waals surface area contributed by atoms with E-state index in [9.17, 15) is 9.90 Å². The zero-order valence-electron chi connectivity index (χ0n) is 19.4. The first kappa shape index (κ1) is 22.1. The molecule has 8 nitrogen and oxygen atoms in total. The highest BCUT2D eigenvalue weighted by Crippen LogP contribution is 2.25. The molecule has 4 aromatic rings. The van der Waals surface area contributed by atoms with Crippen molar-refractivity contribution in [2.45, 2.75) is 39.0 Å². The Kier molecular flexibility index (Phi) is 5.55. The first-order chi connectivity index (χ1) is 16.3. The van der Waals surface area contributed by atoms with Gasteiger partial charge in [-0.1, -0.05) is 18.2 Å². The van der Waals surface area contributed by atoms with Gasteiger partial charge in [0.1, 0.15) is 11.4 Å². The Labute approximate surface area is 197 Å². The first-order valence-corrected chi connectivity index (χ1v) is 11.4. The second kappa shape index (κ2) is 8.55. The molecule has 1 aromatic carbocycles. The fourth-order valence-corrected chi connectivity index (χ4v) is 4.33. The fourth-order valence-electron chi connectivity index (χ4n) is 4.33. The number of aromatic nitrogens is 4. The zero-order chi connectivity index (χ0) is 23.9. The number of benzene rings is 1. The zero-order valence-corrected chi connectivity index (χ0v) is 19.4. The predicted molar refractivity (Wildman–Crippen MR) is 134 cm³/mol.